The second kappa shape index (κ2) is 66.5. The minimum atomic E-state index is -5.15. The molecule has 0 saturated heterocycles. The Morgan fingerprint density at radius 1 is 0.464 bits per heavy atom. The summed E-state index contributed by atoms with van der Waals surface area (Å²) in [6, 6.07) is 22.4. The number of nitrogen functional groups attached to an aromatic ring is 1. The van der Waals surface area contributed by atoms with Crippen LogP contribution in [-0.4, -0.2) is 148 Å². The zero-order chi connectivity index (χ0) is 103. The van der Waals surface area contributed by atoms with Gasteiger partial charge in [0.2, 0.25) is 11.7 Å². The number of esters is 1. The van der Waals surface area contributed by atoms with E-state index in [9.17, 15) is 95.4 Å². The number of aryl methyl sites for hydroxylation is 4. The molecule has 140 heavy (non-hydrogen) atoms. The number of carbonyl (C=O) groups excluding carboxylic acids is 12. The summed E-state index contributed by atoms with van der Waals surface area (Å²) in [6.07, 6.45) is -6.42. The van der Waals surface area contributed by atoms with Gasteiger partial charge in [-0.2, -0.15) is 77.9 Å². The predicted octanol–water partition coefficient (Wildman–Crippen LogP) is 15.8. The minimum Gasteiger partial charge on any atom is -0.475 e. The van der Waals surface area contributed by atoms with Gasteiger partial charge in [-0.25, -0.2) is 56.2 Å². The molecule has 0 atom stereocenters. The number of alkyl halides is 9. The fourth-order valence-electron chi connectivity index (χ4n) is 9.85. The number of nitrogens with zero attached hydrogens (tertiary/aromatic N) is 7. The molecular weight excluding hydrogens is 1890 g/mol. The van der Waals surface area contributed by atoms with Crippen LogP contribution in [0.3, 0.4) is 0 Å². The van der Waals surface area contributed by atoms with Crippen molar-refractivity contribution < 1.29 is 157 Å². The number of pyridine rings is 4. The van der Waals surface area contributed by atoms with Gasteiger partial charge in [-0.3, -0.25) is 33.3 Å². The minimum absolute atomic E-state index is 0. The van der Waals surface area contributed by atoms with Crippen LogP contribution in [0, 0.1) is 51.0 Å². The number of aromatic nitrogens is 8. The molecule has 753 valence electrons. The Labute approximate surface area is 795 Å². The first-order valence-corrected chi connectivity index (χ1v) is 38.7. The zero-order valence-corrected chi connectivity index (χ0v) is 73.5. The molecule has 10 rings (SSSR count). The van der Waals surface area contributed by atoms with Crippen molar-refractivity contribution in [3.63, 3.8) is 0 Å². The van der Waals surface area contributed by atoms with Gasteiger partial charge in [-0.15, -0.1) is 0 Å². The van der Waals surface area contributed by atoms with Crippen molar-refractivity contribution in [1.82, 2.24) is 38.6 Å². The number of rotatable bonds is 28. The van der Waals surface area contributed by atoms with Gasteiger partial charge >= 0.3 is 60.5 Å². The molecule has 0 unspecified atom stereocenters. The first-order chi connectivity index (χ1) is 64.1. The number of ether oxygens (including phenoxy) is 9. The quantitative estimate of drug-likeness (QED) is 0.0135. The summed E-state index contributed by atoms with van der Waals surface area (Å²) in [6.45, 7) is 19.2. The predicted molar refractivity (Wildman–Crippen MR) is 477 cm³/mol. The van der Waals surface area contributed by atoms with Crippen LogP contribution in [0.15, 0.2) is 153 Å². The van der Waals surface area contributed by atoms with E-state index in [-0.39, 0.29) is 146 Å². The summed E-state index contributed by atoms with van der Waals surface area (Å²) in [5.74, 6) is -4.63. The lowest BCUT2D eigenvalue weighted by molar-refractivity contribution is -0.193. The number of anilines is 2. The number of hydrogen-bond acceptors (Lipinski definition) is 30. The summed E-state index contributed by atoms with van der Waals surface area (Å²) >= 11 is 0. The molecule has 0 spiro atoms. The molecule has 6 heterocycles. The number of Topliss-reactive ketones (excluding diaryl/α,β-unsaturated/α-hetero) is 2. The number of halogens is 13. The molecular formula is C89H97B3F13N10O25. The molecule has 10 aromatic rings. The molecule has 1 amide bonds. The lowest BCUT2D eigenvalue weighted by Gasteiger charge is -2.16. The van der Waals surface area contributed by atoms with Gasteiger partial charge in [0.15, 0.2) is 23.0 Å². The highest BCUT2D eigenvalue weighted by molar-refractivity contribution is 7.17. The molecule has 0 aliphatic carbocycles. The van der Waals surface area contributed by atoms with Gasteiger partial charge in [0, 0.05) is 90.8 Å². The van der Waals surface area contributed by atoms with Crippen LogP contribution in [0.4, 0.5) is 68.5 Å². The largest absolute Gasteiger partial charge is 0.475 e. The molecule has 51 heteroatoms. The third-order valence-corrected chi connectivity index (χ3v) is 15.6. The maximum Gasteiger partial charge on any atom is 0.450 e. The molecule has 0 aliphatic rings. The number of carbonyl (C=O) groups is 4. The average molecular weight is 1990 g/mol. The van der Waals surface area contributed by atoms with Gasteiger partial charge in [0.1, 0.15) is 69.9 Å². The van der Waals surface area contributed by atoms with E-state index in [0.717, 1.165) is 76.2 Å². The molecule has 5 radical (unpaired) electrons. The monoisotopic (exact) mass is 1990 g/mol. The molecule has 4 aromatic carbocycles. The van der Waals surface area contributed by atoms with Gasteiger partial charge < -0.3 is 58.7 Å². The van der Waals surface area contributed by atoms with Crippen molar-refractivity contribution in [2.45, 2.75) is 156 Å². The van der Waals surface area contributed by atoms with Gasteiger partial charge in [0.25, 0.3) is 34.6 Å². The number of hydrogen-bond donors (Lipinski definition) is 3. The number of benzene rings is 4. The van der Waals surface area contributed by atoms with Crippen LogP contribution in [-0.2, 0) is 81.7 Å². The Morgan fingerprint density at radius 3 is 1.10 bits per heavy atom. The van der Waals surface area contributed by atoms with Crippen molar-refractivity contribution in [3.05, 3.63) is 233 Å². The molecule has 0 fully saturated rings. The second-order valence-corrected chi connectivity index (χ2v) is 26.0. The SMILES string of the molecule is C.C.C.C.CCCOc1ncccc1Oc1cc(-n2c(=O)cc(C(F)(F)F)[nH]c2=O)c(F)cc1C.CCCOc1ncccc1Oc1cc(-n2c(=O)cc(C(F)(F)F)n(C)c2=O)c(F)cc1C.CCCOc1ncccc1Oc1cc(N)c(F)cc1C.CCCOc1ncccc1Oc1cc(NC(=O)CC(=O)C(F)(F)F)c(F)cc1C.CCOC(=O)CC(C)=O.O=C=O.O=C=O.O=C=O.O=C=O.[B][B][B]. The highest BCUT2D eigenvalue weighted by Gasteiger charge is 2.40. The molecule has 0 aliphatic heterocycles. The highest BCUT2D eigenvalue weighted by Crippen LogP contribution is 2.39. The Morgan fingerprint density at radius 2 is 0.786 bits per heavy atom. The van der Waals surface area contributed by atoms with Crippen LogP contribution >= 0.6 is 0 Å². The van der Waals surface area contributed by atoms with Crippen LogP contribution in [0.25, 0.3) is 11.4 Å². The van der Waals surface area contributed by atoms with Gasteiger partial charge in [0.05, 0.1) is 62.2 Å². The van der Waals surface area contributed by atoms with E-state index in [1.165, 1.54) is 51.5 Å². The molecule has 4 N–H and O–H groups in total. The highest BCUT2D eigenvalue weighted by atomic mass is 19.4. The number of amides is 1. The number of nitrogens with two attached hydrogens (primary N) is 1. The van der Waals surface area contributed by atoms with Crippen molar-refractivity contribution in [3.8, 4) is 80.9 Å². The van der Waals surface area contributed by atoms with Crippen molar-refractivity contribution in [2.24, 2.45) is 7.05 Å². The van der Waals surface area contributed by atoms with Crippen LogP contribution in [0.5, 0.6) is 69.5 Å². The maximum atomic E-state index is 14.7. The average Bonchev–Trinajstić information content (AvgIpc) is 0.764. The normalized spacial score (nSPS) is 9.80. The molecule has 0 saturated carbocycles. The van der Waals surface area contributed by atoms with Crippen LogP contribution in [0.1, 0.15) is 143 Å². The summed E-state index contributed by atoms with van der Waals surface area (Å²) in [7, 11) is 10.8. The van der Waals surface area contributed by atoms with E-state index in [1.54, 1.807) is 80.5 Å². The fourth-order valence-corrected chi connectivity index (χ4v) is 9.85. The molecule has 0 bridgehead atoms. The molecule has 35 nitrogen and oxygen atoms in total. The summed E-state index contributed by atoms with van der Waals surface area (Å²) < 4.78 is 222. The summed E-state index contributed by atoms with van der Waals surface area (Å²) in [5.41, 5.74) is -2.76. The van der Waals surface area contributed by atoms with E-state index in [2.05, 4.69) is 40.1 Å². The summed E-state index contributed by atoms with van der Waals surface area (Å²) in [4.78, 5) is 175. The third kappa shape index (κ3) is 44.3. The standard InChI is InChI=1S/C21H19F4N3O4.C20H17F4N3O4.C19H18F4N2O4.C15H17FN2O2.C6H10O3.4CO2.4CH4.B3/c1-4-8-31-19-15(6-5-7-26-19)32-16-10-14(13(22)9-12(16)2)28-18(29)11-17(21(23,24)25)27(3)20(28)30;1-3-7-30-18-14(5-4-6-25-18)31-15-9-13(12(21)8-11(15)2)27-17(28)10-16(20(22,23)24)26-19(27)29;1-3-7-28-18-14(5-4-6-24-18)29-15-9-13(12(20)8-11(15)2)25-17(27)10-16(26)19(21,22)23;1-3-7-19-15-13(5-4-6-18-15)20-14-9-12(17)11(16)8-10(14)2;1-3-9-6(8)4-5(2)7;4*2-1-3;;;;;1-3-2/h5-7,9-11H,4,8H2,1-3H3;4-6,8-10H,3,7H2,1-2H3,(H,26,29);4-6,8-9H,3,7,10H2,1-2H3,(H,25,27);4-6,8-9H,3,7,17H2,1-2H3;3-4H2,1-2H3;;;;;4*1H4;. The van der Waals surface area contributed by atoms with E-state index >= 15 is 0 Å². The third-order valence-electron chi connectivity index (χ3n) is 15.6. The van der Waals surface area contributed by atoms with Crippen LogP contribution < -0.4 is 71.4 Å². The number of H-pyrrole nitrogens is 1. The number of aromatic amines is 1. The Kier molecular flexibility index (Phi) is 62.0. The Bertz CT molecular complexity index is 5960. The van der Waals surface area contributed by atoms with Crippen molar-refractivity contribution in [1.29, 1.82) is 0 Å². The van der Waals surface area contributed by atoms with Gasteiger partial charge in [-0.05, 0) is 162 Å². The maximum absolute atomic E-state index is 14.7. The first-order valence-electron chi connectivity index (χ1n) is 38.7. The van der Waals surface area contributed by atoms with E-state index in [4.69, 9.17) is 82.0 Å². The topological polar surface area (TPSA) is 476 Å². The lowest BCUT2D eigenvalue weighted by Crippen LogP contribution is -2.41. The van der Waals surface area contributed by atoms with Crippen molar-refractivity contribution >= 4 is 82.0 Å². The fraction of sp³-hybridized carbons (Fsp3) is 0.326. The van der Waals surface area contributed by atoms with E-state index in [0.29, 0.717) is 77.2 Å². The van der Waals surface area contributed by atoms with Gasteiger partial charge in [-0.1, -0.05) is 57.4 Å². The number of ketones is 2. The van der Waals surface area contributed by atoms with E-state index < -0.39 is 117 Å². The second-order valence-electron chi connectivity index (χ2n) is 26.0. The first kappa shape index (κ1) is 130. The Balaban J connectivity index is -0.000000814. The smallest absolute Gasteiger partial charge is 0.450 e. The van der Waals surface area contributed by atoms with Crippen LogP contribution in [0.2, 0.25) is 0 Å². The van der Waals surface area contributed by atoms with E-state index in [1.807, 2.05) is 33.0 Å². The number of nitrogens with one attached hydrogen (secondary N) is 2. The van der Waals surface area contributed by atoms with Crippen molar-refractivity contribution in [2.75, 3.05) is 44.1 Å². The Hall–Kier alpha value is -15.9. The molecule has 6 aromatic heterocycles. The summed E-state index contributed by atoms with van der Waals surface area (Å²) in [5, 5.41) is 1.95. The zero-order valence-electron chi connectivity index (χ0n) is 73.5. The lowest BCUT2D eigenvalue weighted by atomic mass is 9.40.